The first kappa shape index (κ1) is 14.6. The molecule has 3 nitrogen and oxygen atoms in total. The van der Waals surface area contributed by atoms with Crippen molar-refractivity contribution in [1.29, 1.82) is 0 Å². The molecule has 0 unspecified atom stereocenters. The van der Waals surface area contributed by atoms with Crippen LogP contribution in [0.3, 0.4) is 0 Å². The lowest BCUT2D eigenvalue weighted by Gasteiger charge is -2.42. The lowest BCUT2D eigenvalue weighted by Crippen LogP contribution is -2.39. The molecule has 2 aliphatic rings. The van der Waals surface area contributed by atoms with E-state index in [1.54, 1.807) is 6.07 Å². The molecular formula is C19H21FN2O. The molecule has 4 heteroatoms. The van der Waals surface area contributed by atoms with Crippen LogP contribution in [0.25, 0.3) is 11.8 Å². The lowest BCUT2D eigenvalue weighted by molar-refractivity contribution is 0.0534. The van der Waals surface area contributed by atoms with Crippen molar-refractivity contribution < 1.29 is 9.50 Å². The quantitative estimate of drug-likeness (QED) is 0.917. The Hall–Kier alpha value is -1.94. The SMILES string of the molecule is C[C@]1(CO)CCC2=Cc3c(cnn3-c3cccc(F)c3)C[C@@]21C. The second-order valence-corrected chi connectivity index (χ2v) is 7.34. The largest absolute Gasteiger partial charge is 0.396 e. The highest BCUT2D eigenvalue weighted by molar-refractivity contribution is 5.62. The number of aliphatic hydroxyl groups excluding tert-OH is 1. The predicted octanol–water partition coefficient (Wildman–Crippen LogP) is 3.75. The minimum absolute atomic E-state index is 0.0233. The zero-order chi connectivity index (χ0) is 16.2. The van der Waals surface area contributed by atoms with Gasteiger partial charge in [-0.2, -0.15) is 5.10 Å². The fraction of sp³-hybridized carbons (Fsp3) is 0.421. The maximum absolute atomic E-state index is 13.5. The van der Waals surface area contributed by atoms with Crippen molar-refractivity contribution in [2.75, 3.05) is 6.61 Å². The Bertz CT molecular complexity index is 809. The van der Waals surface area contributed by atoms with Crippen LogP contribution in [0, 0.1) is 16.6 Å². The lowest BCUT2D eigenvalue weighted by atomic mass is 9.62. The van der Waals surface area contributed by atoms with Crippen molar-refractivity contribution in [1.82, 2.24) is 9.78 Å². The molecule has 0 spiro atoms. The van der Waals surface area contributed by atoms with E-state index in [0.29, 0.717) is 0 Å². The molecule has 4 rings (SSSR count). The summed E-state index contributed by atoms with van der Waals surface area (Å²) >= 11 is 0. The number of hydrogen-bond acceptors (Lipinski definition) is 2. The molecule has 2 aliphatic carbocycles. The molecule has 2 aromatic rings. The summed E-state index contributed by atoms with van der Waals surface area (Å²) < 4.78 is 15.3. The van der Waals surface area contributed by atoms with E-state index in [4.69, 9.17) is 0 Å². The van der Waals surface area contributed by atoms with Crippen LogP contribution in [0.5, 0.6) is 0 Å². The van der Waals surface area contributed by atoms with E-state index in [0.717, 1.165) is 30.6 Å². The van der Waals surface area contributed by atoms with Crippen LogP contribution >= 0.6 is 0 Å². The van der Waals surface area contributed by atoms with Crippen LogP contribution in [0.4, 0.5) is 4.39 Å². The maximum Gasteiger partial charge on any atom is 0.125 e. The van der Waals surface area contributed by atoms with Crippen molar-refractivity contribution in [3.63, 3.8) is 0 Å². The second-order valence-electron chi connectivity index (χ2n) is 7.34. The predicted molar refractivity (Wildman–Crippen MR) is 87.7 cm³/mol. The Morgan fingerprint density at radius 1 is 1.35 bits per heavy atom. The summed E-state index contributed by atoms with van der Waals surface area (Å²) in [5.74, 6) is -0.256. The van der Waals surface area contributed by atoms with Crippen molar-refractivity contribution in [3.8, 4) is 5.69 Å². The Balaban J connectivity index is 1.82. The number of allylic oxidation sites excluding steroid dienone is 1. The Kier molecular flexibility index (Phi) is 3.04. The summed E-state index contributed by atoms with van der Waals surface area (Å²) in [6, 6.07) is 6.52. The number of rotatable bonds is 2. The fourth-order valence-electron chi connectivity index (χ4n) is 4.20. The number of hydrogen-bond donors (Lipinski definition) is 1. The van der Waals surface area contributed by atoms with E-state index in [2.05, 4.69) is 25.0 Å². The van der Waals surface area contributed by atoms with Crippen LogP contribution in [-0.2, 0) is 6.42 Å². The van der Waals surface area contributed by atoms with Crippen molar-refractivity contribution in [3.05, 3.63) is 53.1 Å². The van der Waals surface area contributed by atoms with E-state index in [9.17, 15) is 9.50 Å². The minimum Gasteiger partial charge on any atom is -0.396 e. The van der Waals surface area contributed by atoms with Gasteiger partial charge in [0.15, 0.2) is 0 Å². The van der Waals surface area contributed by atoms with Crippen molar-refractivity contribution in [2.24, 2.45) is 10.8 Å². The first-order valence-electron chi connectivity index (χ1n) is 8.12. The van der Waals surface area contributed by atoms with Gasteiger partial charge in [0.05, 0.1) is 17.6 Å². The first-order valence-corrected chi connectivity index (χ1v) is 8.12. The molecule has 0 bridgehead atoms. The summed E-state index contributed by atoms with van der Waals surface area (Å²) in [7, 11) is 0. The normalized spacial score (nSPS) is 29.1. The number of aliphatic hydroxyl groups is 1. The van der Waals surface area contributed by atoms with Crippen LogP contribution < -0.4 is 0 Å². The van der Waals surface area contributed by atoms with Crippen LogP contribution in [0.15, 0.2) is 36.0 Å². The van der Waals surface area contributed by atoms with Crippen LogP contribution in [-0.4, -0.2) is 21.5 Å². The number of halogens is 1. The third kappa shape index (κ3) is 1.94. The fourth-order valence-corrected chi connectivity index (χ4v) is 4.20. The monoisotopic (exact) mass is 312 g/mol. The topological polar surface area (TPSA) is 38.1 Å². The highest BCUT2D eigenvalue weighted by atomic mass is 19.1. The van der Waals surface area contributed by atoms with Gasteiger partial charge in [-0.15, -0.1) is 0 Å². The Labute approximate surface area is 135 Å². The van der Waals surface area contributed by atoms with Gasteiger partial charge in [-0.1, -0.05) is 25.5 Å². The van der Waals surface area contributed by atoms with Gasteiger partial charge in [-0.3, -0.25) is 0 Å². The van der Waals surface area contributed by atoms with E-state index in [1.165, 1.54) is 23.3 Å². The number of nitrogens with zero attached hydrogens (tertiary/aromatic N) is 2. The molecule has 1 heterocycles. The first-order chi connectivity index (χ1) is 11.0. The van der Waals surface area contributed by atoms with Gasteiger partial charge in [0.25, 0.3) is 0 Å². The molecule has 0 saturated heterocycles. The zero-order valence-electron chi connectivity index (χ0n) is 13.5. The van der Waals surface area contributed by atoms with Crippen LogP contribution in [0.1, 0.15) is 37.9 Å². The molecular weight excluding hydrogens is 291 g/mol. The summed E-state index contributed by atoms with van der Waals surface area (Å²) in [6.45, 7) is 4.63. The summed E-state index contributed by atoms with van der Waals surface area (Å²) in [4.78, 5) is 0. The average Bonchev–Trinajstić information content (AvgIpc) is 3.04. The molecule has 1 N–H and O–H groups in total. The molecule has 0 amide bonds. The smallest absolute Gasteiger partial charge is 0.125 e. The van der Waals surface area contributed by atoms with E-state index >= 15 is 0 Å². The molecule has 0 radical (unpaired) electrons. The van der Waals surface area contributed by atoms with Gasteiger partial charge < -0.3 is 5.11 Å². The molecule has 1 saturated carbocycles. The maximum atomic E-state index is 13.5. The molecule has 2 atom stereocenters. The number of fused-ring (bicyclic) bond motifs is 2. The third-order valence-electron chi connectivity index (χ3n) is 6.13. The van der Waals surface area contributed by atoms with Gasteiger partial charge >= 0.3 is 0 Å². The van der Waals surface area contributed by atoms with Crippen LogP contribution in [0.2, 0.25) is 0 Å². The van der Waals surface area contributed by atoms with E-state index < -0.39 is 0 Å². The summed E-state index contributed by atoms with van der Waals surface area (Å²) in [6.07, 6.45) is 6.97. The molecule has 1 aromatic carbocycles. The number of benzene rings is 1. The summed E-state index contributed by atoms with van der Waals surface area (Å²) in [5.41, 5.74) is 4.23. The van der Waals surface area contributed by atoms with Gasteiger partial charge in [0.1, 0.15) is 5.82 Å². The minimum atomic E-state index is -0.256. The van der Waals surface area contributed by atoms with Gasteiger partial charge in [0.2, 0.25) is 0 Å². The van der Waals surface area contributed by atoms with E-state index in [-0.39, 0.29) is 23.3 Å². The number of aromatic nitrogens is 2. The standard InChI is InChI=1S/C19H21FN2O/c1-18(12-23)7-6-14-8-17-13(10-19(14,18)2)11-21-22(17)16-5-3-4-15(20)9-16/h3-5,8-9,11,23H,6-7,10,12H2,1-2H3/t18-,19+/m1/s1. The molecule has 1 fully saturated rings. The Morgan fingerprint density at radius 2 is 2.17 bits per heavy atom. The van der Waals surface area contributed by atoms with E-state index in [1.807, 2.05) is 16.9 Å². The molecule has 1 aromatic heterocycles. The zero-order valence-corrected chi connectivity index (χ0v) is 13.5. The average molecular weight is 312 g/mol. The molecule has 120 valence electrons. The summed E-state index contributed by atoms with van der Waals surface area (Å²) in [5, 5.41) is 14.4. The second kappa shape index (κ2) is 4.78. The van der Waals surface area contributed by atoms with Crippen molar-refractivity contribution in [2.45, 2.75) is 33.1 Å². The van der Waals surface area contributed by atoms with Gasteiger partial charge in [-0.25, -0.2) is 9.07 Å². The van der Waals surface area contributed by atoms with Gasteiger partial charge in [-0.05, 0) is 49.1 Å². The third-order valence-corrected chi connectivity index (χ3v) is 6.13. The molecule has 23 heavy (non-hydrogen) atoms. The van der Waals surface area contributed by atoms with Crippen molar-refractivity contribution >= 4 is 6.08 Å². The molecule has 0 aliphatic heterocycles. The highest BCUT2D eigenvalue weighted by Crippen LogP contribution is 2.59. The highest BCUT2D eigenvalue weighted by Gasteiger charge is 2.52. The Morgan fingerprint density at radius 3 is 2.91 bits per heavy atom. The van der Waals surface area contributed by atoms with Gasteiger partial charge in [0, 0.05) is 17.4 Å².